The van der Waals surface area contributed by atoms with Crippen molar-refractivity contribution in [3.05, 3.63) is 23.8 Å². The van der Waals surface area contributed by atoms with Crippen LogP contribution < -0.4 is 0 Å². The van der Waals surface area contributed by atoms with E-state index in [0.29, 0.717) is 17.6 Å². The van der Waals surface area contributed by atoms with Crippen LogP contribution in [0.1, 0.15) is 44.9 Å². The Labute approximate surface area is 109 Å². The molecule has 4 aliphatic carbocycles. The number of ketones is 1. The van der Waals surface area contributed by atoms with Crippen molar-refractivity contribution in [3.63, 3.8) is 0 Å². The van der Waals surface area contributed by atoms with Gasteiger partial charge in [-0.25, -0.2) is 0 Å². The highest BCUT2D eigenvalue weighted by atomic mass is 16.1. The predicted octanol–water partition coefficient (Wildman–Crippen LogP) is 3.90. The third kappa shape index (κ3) is 1.49. The molecule has 0 aliphatic heterocycles. The maximum absolute atomic E-state index is 12.3. The fraction of sp³-hybridized carbons (Fsp3) is 0.706. The lowest BCUT2D eigenvalue weighted by Crippen LogP contribution is -2.44. The van der Waals surface area contributed by atoms with Crippen molar-refractivity contribution >= 4 is 5.78 Å². The summed E-state index contributed by atoms with van der Waals surface area (Å²) < 4.78 is 0. The van der Waals surface area contributed by atoms with Crippen LogP contribution in [0.25, 0.3) is 0 Å². The summed E-state index contributed by atoms with van der Waals surface area (Å²) in [7, 11) is 0. The molecule has 1 nitrogen and oxygen atoms in total. The van der Waals surface area contributed by atoms with Crippen molar-refractivity contribution in [2.45, 2.75) is 44.9 Å². The molecule has 0 aromatic rings. The fourth-order valence-corrected chi connectivity index (χ4v) is 5.28. The zero-order chi connectivity index (χ0) is 12.1. The Hall–Kier alpha value is -0.850. The average molecular weight is 242 g/mol. The second-order valence-electron chi connectivity index (χ2n) is 6.73. The second-order valence-corrected chi connectivity index (χ2v) is 6.73. The van der Waals surface area contributed by atoms with Crippen LogP contribution in [-0.4, -0.2) is 5.78 Å². The number of rotatable bonds is 0. The lowest BCUT2D eigenvalue weighted by atomic mass is 9.55. The van der Waals surface area contributed by atoms with E-state index in [9.17, 15) is 4.79 Å². The Morgan fingerprint density at radius 1 is 1.06 bits per heavy atom. The van der Waals surface area contributed by atoms with Gasteiger partial charge in [0.1, 0.15) is 5.78 Å². The standard InChI is InChI=1S/C17H22O/c18-16-6-2-4-12-8-9-14-13-5-1-3-11(13)7-10-15(14)17(12)16/h1,3,5,11-12,14-15,17H,2,4,6-10H2. The van der Waals surface area contributed by atoms with E-state index in [1.807, 2.05) is 0 Å². The first-order valence-corrected chi connectivity index (χ1v) is 7.75. The van der Waals surface area contributed by atoms with Crippen molar-refractivity contribution in [2.75, 3.05) is 0 Å². The Kier molecular flexibility index (Phi) is 2.50. The molecule has 5 unspecified atom stereocenters. The molecular formula is C17H22O. The van der Waals surface area contributed by atoms with E-state index in [-0.39, 0.29) is 0 Å². The molecule has 96 valence electrons. The SMILES string of the molecule is O=C1CCCC2CCC3C4=CC=CC4CCC3C12. The third-order valence-corrected chi connectivity index (χ3v) is 6.00. The van der Waals surface area contributed by atoms with Gasteiger partial charge in [-0.3, -0.25) is 4.79 Å². The van der Waals surface area contributed by atoms with E-state index in [0.717, 1.165) is 30.6 Å². The summed E-state index contributed by atoms with van der Waals surface area (Å²) >= 11 is 0. The molecule has 0 radical (unpaired) electrons. The van der Waals surface area contributed by atoms with Crippen LogP contribution in [0.3, 0.4) is 0 Å². The van der Waals surface area contributed by atoms with Gasteiger partial charge in [-0.2, -0.15) is 0 Å². The number of carbonyl (C=O) groups is 1. The molecule has 5 atom stereocenters. The number of hydrogen-bond donors (Lipinski definition) is 0. The lowest BCUT2D eigenvalue weighted by molar-refractivity contribution is -0.132. The molecule has 0 amide bonds. The molecule has 4 rings (SSSR count). The van der Waals surface area contributed by atoms with Crippen LogP contribution in [0.2, 0.25) is 0 Å². The highest BCUT2D eigenvalue weighted by Crippen LogP contribution is 2.54. The topological polar surface area (TPSA) is 17.1 Å². The van der Waals surface area contributed by atoms with Crippen molar-refractivity contribution in [1.82, 2.24) is 0 Å². The molecule has 0 aromatic carbocycles. The highest BCUT2D eigenvalue weighted by molar-refractivity contribution is 5.82. The molecule has 0 bridgehead atoms. The monoisotopic (exact) mass is 242 g/mol. The van der Waals surface area contributed by atoms with Gasteiger partial charge in [0.15, 0.2) is 0 Å². The minimum absolute atomic E-state index is 0.431. The quantitative estimate of drug-likeness (QED) is 0.629. The molecular weight excluding hydrogens is 220 g/mol. The summed E-state index contributed by atoms with van der Waals surface area (Å²) in [5.74, 6) is 3.92. The van der Waals surface area contributed by atoms with Gasteiger partial charge in [0.2, 0.25) is 0 Å². The van der Waals surface area contributed by atoms with Gasteiger partial charge in [-0.15, -0.1) is 0 Å². The first kappa shape index (κ1) is 11.0. The van der Waals surface area contributed by atoms with Gasteiger partial charge >= 0.3 is 0 Å². The van der Waals surface area contributed by atoms with Crippen LogP contribution in [0.4, 0.5) is 0 Å². The molecule has 0 spiro atoms. The third-order valence-electron chi connectivity index (χ3n) is 6.00. The summed E-state index contributed by atoms with van der Waals surface area (Å²) in [6.45, 7) is 0. The maximum Gasteiger partial charge on any atom is 0.136 e. The zero-order valence-corrected chi connectivity index (χ0v) is 11.0. The van der Waals surface area contributed by atoms with E-state index in [1.54, 1.807) is 5.57 Å². The molecule has 4 aliphatic rings. The first-order chi connectivity index (χ1) is 8.84. The van der Waals surface area contributed by atoms with Gasteiger partial charge in [0.05, 0.1) is 0 Å². The minimum atomic E-state index is 0.431. The molecule has 0 heterocycles. The van der Waals surface area contributed by atoms with Crippen LogP contribution in [0.15, 0.2) is 23.8 Å². The van der Waals surface area contributed by atoms with Crippen molar-refractivity contribution < 1.29 is 4.79 Å². The Morgan fingerprint density at radius 3 is 2.94 bits per heavy atom. The van der Waals surface area contributed by atoms with Gasteiger partial charge in [0, 0.05) is 12.3 Å². The smallest absolute Gasteiger partial charge is 0.136 e. The Balaban J connectivity index is 1.65. The molecule has 0 aromatic heterocycles. The summed E-state index contributed by atoms with van der Waals surface area (Å²) in [4.78, 5) is 12.3. The normalized spacial score (nSPS) is 46.1. The summed E-state index contributed by atoms with van der Waals surface area (Å²) in [5, 5.41) is 0. The van der Waals surface area contributed by atoms with Gasteiger partial charge in [-0.1, -0.05) is 23.8 Å². The molecule has 3 saturated carbocycles. The number of fused-ring (bicyclic) bond motifs is 5. The molecule has 3 fully saturated rings. The second kappa shape index (κ2) is 4.08. The summed E-state index contributed by atoms with van der Waals surface area (Å²) in [6, 6.07) is 0. The lowest BCUT2D eigenvalue weighted by Gasteiger charge is -2.49. The van der Waals surface area contributed by atoms with Crippen molar-refractivity contribution in [3.8, 4) is 0 Å². The van der Waals surface area contributed by atoms with Gasteiger partial charge in [0.25, 0.3) is 0 Å². The van der Waals surface area contributed by atoms with E-state index in [4.69, 9.17) is 0 Å². The van der Waals surface area contributed by atoms with E-state index in [1.165, 1.54) is 32.1 Å². The van der Waals surface area contributed by atoms with Crippen LogP contribution in [0, 0.1) is 29.6 Å². The highest BCUT2D eigenvalue weighted by Gasteiger charge is 2.48. The predicted molar refractivity (Wildman–Crippen MR) is 72.0 cm³/mol. The number of carbonyl (C=O) groups excluding carboxylic acids is 1. The van der Waals surface area contributed by atoms with Crippen LogP contribution in [0.5, 0.6) is 0 Å². The molecule has 0 N–H and O–H groups in total. The molecule has 1 heteroatoms. The van der Waals surface area contributed by atoms with Crippen LogP contribution >= 0.6 is 0 Å². The largest absolute Gasteiger partial charge is 0.299 e. The summed E-state index contributed by atoms with van der Waals surface area (Å²) in [6.07, 6.45) is 15.6. The summed E-state index contributed by atoms with van der Waals surface area (Å²) in [5.41, 5.74) is 1.67. The molecule has 0 saturated heterocycles. The minimum Gasteiger partial charge on any atom is -0.299 e. The molecule has 18 heavy (non-hydrogen) atoms. The Morgan fingerprint density at radius 2 is 2.00 bits per heavy atom. The van der Waals surface area contributed by atoms with Gasteiger partial charge < -0.3 is 0 Å². The fourth-order valence-electron chi connectivity index (χ4n) is 5.28. The van der Waals surface area contributed by atoms with E-state index in [2.05, 4.69) is 18.2 Å². The average Bonchev–Trinajstić information content (AvgIpc) is 2.86. The van der Waals surface area contributed by atoms with Crippen molar-refractivity contribution in [1.29, 1.82) is 0 Å². The number of Topliss-reactive ketones (excluding diaryl/α,β-unsaturated/α-hetero) is 1. The van der Waals surface area contributed by atoms with E-state index < -0.39 is 0 Å². The first-order valence-electron chi connectivity index (χ1n) is 7.75. The van der Waals surface area contributed by atoms with Crippen molar-refractivity contribution in [2.24, 2.45) is 29.6 Å². The van der Waals surface area contributed by atoms with E-state index >= 15 is 0 Å². The maximum atomic E-state index is 12.3. The zero-order valence-electron chi connectivity index (χ0n) is 11.0. The number of hydrogen-bond acceptors (Lipinski definition) is 1. The van der Waals surface area contributed by atoms with Crippen LogP contribution in [-0.2, 0) is 4.79 Å². The Bertz CT molecular complexity index is 431. The van der Waals surface area contributed by atoms with Gasteiger partial charge in [-0.05, 0) is 62.2 Å². The number of allylic oxidation sites excluding steroid dienone is 4.